The van der Waals surface area contributed by atoms with Crippen molar-refractivity contribution >= 4 is 0 Å². The molecule has 0 spiro atoms. The molecule has 0 fully saturated rings. The first-order chi connectivity index (χ1) is 18.5. The Morgan fingerprint density at radius 2 is 1.18 bits per heavy atom. The maximum Gasteiger partial charge on any atom is 0.573 e. The normalized spacial score (nSPS) is 13.7. The first kappa shape index (κ1) is 31.1. The summed E-state index contributed by atoms with van der Waals surface area (Å²) in [6.07, 6.45) is -18.1. The lowest BCUT2D eigenvalue weighted by atomic mass is 9.70. The molecule has 1 atom stereocenters. The number of alkyl halides is 9. The maximum absolute atomic E-state index is 13.0. The SMILES string of the molecule is O[C@@H](CNCC(Cc1ccccc1)(c1cccc(OC(F)(F)F)c1)c1cccc(OC(F)(F)F)c1)CC(F)(F)F. The summed E-state index contributed by atoms with van der Waals surface area (Å²) < 4.78 is 124. The summed E-state index contributed by atoms with van der Waals surface area (Å²) >= 11 is 0. The minimum atomic E-state index is -5.04. The highest BCUT2D eigenvalue weighted by molar-refractivity contribution is 5.47. The summed E-state index contributed by atoms with van der Waals surface area (Å²) in [5, 5.41) is 12.6. The zero-order chi connectivity index (χ0) is 29.6. The van der Waals surface area contributed by atoms with Crippen LogP contribution in [-0.2, 0) is 11.8 Å². The van der Waals surface area contributed by atoms with Gasteiger partial charge < -0.3 is 19.9 Å². The van der Waals surface area contributed by atoms with E-state index >= 15 is 0 Å². The van der Waals surface area contributed by atoms with Crippen molar-refractivity contribution in [2.75, 3.05) is 13.1 Å². The molecule has 0 aliphatic carbocycles. The number of ether oxygens (including phenoxy) is 2. The molecule has 40 heavy (non-hydrogen) atoms. The lowest BCUT2D eigenvalue weighted by Crippen LogP contribution is -2.44. The van der Waals surface area contributed by atoms with Crippen molar-refractivity contribution < 1.29 is 54.1 Å². The van der Waals surface area contributed by atoms with Crippen LogP contribution >= 0.6 is 0 Å². The van der Waals surface area contributed by atoms with Crippen molar-refractivity contribution in [3.05, 3.63) is 95.6 Å². The van der Waals surface area contributed by atoms with E-state index in [1.807, 2.05) is 0 Å². The van der Waals surface area contributed by atoms with Crippen LogP contribution in [0.1, 0.15) is 23.1 Å². The van der Waals surface area contributed by atoms with Gasteiger partial charge in [0.25, 0.3) is 0 Å². The molecule has 3 aromatic rings. The molecule has 2 N–H and O–H groups in total. The molecular weight excluding hydrogens is 557 g/mol. The van der Waals surface area contributed by atoms with Gasteiger partial charge >= 0.3 is 18.9 Å². The van der Waals surface area contributed by atoms with E-state index < -0.39 is 54.9 Å². The monoisotopic (exact) mass is 581 g/mol. The number of rotatable bonds is 11. The van der Waals surface area contributed by atoms with Gasteiger partial charge in [0.1, 0.15) is 11.5 Å². The Bertz CT molecular complexity index is 1170. The van der Waals surface area contributed by atoms with Crippen LogP contribution in [0.25, 0.3) is 0 Å². The van der Waals surface area contributed by atoms with E-state index in [2.05, 4.69) is 14.8 Å². The summed E-state index contributed by atoms with van der Waals surface area (Å²) in [5.41, 5.74) is -0.542. The first-order valence-corrected chi connectivity index (χ1v) is 11.8. The molecule has 0 bridgehead atoms. The van der Waals surface area contributed by atoms with Gasteiger partial charge in [-0.15, -0.1) is 26.3 Å². The molecule has 3 aromatic carbocycles. The molecule has 0 saturated heterocycles. The summed E-state index contributed by atoms with van der Waals surface area (Å²) in [6.45, 7) is -0.852. The van der Waals surface area contributed by atoms with Gasteiger partial charge in [0.05, 0.1) is 12.5 Å². The Labute approximate surface area is 223 Å². The Kier molecular flexibility index (Phi) is 9.62. The fourth-order valence-corrected chi connectivity index (χ4v) is 4.36. The molecule has 4 nitrogen and oxygen atoms in total. The molecule has 0 aliphatic rings. The second kappa shape index (κ2) is 12.4. The Morgan fingerprint density at radius 1 is 0.675 bits per heavy atom. The zero-order valence-electron chi connectivity index (χ0n) is 20.6. The molecule has 0 unspecified atom stereocenters. The molecule has 218 valence electrons. The molecular formula is C27H24F9NO3. The van der Waals surface area contributed by atoms with Crippen LogP contribution in [0.3, 0.4) is 0 Å². The molecule has 0 radical (unpaired) electrons. The Hall–Kier alpha value is -3.45. The number of hydrogen-bond acceptors (Lipinski definition) is 4. The zero-order valence-corrected chi connectivity index (χ0v) is 20.6. The molecule has 13 heteroatoms. The largest absolute Gasteiger partial charge is 0.573 e. The average Bonchev–Trinajstić information content (AvgIpc) is 2.81. The van der Waals surface area contributed by atoms with Gasteiger partial charge in [-0.3, -0.25) is 0 Å². The van der Waals surface area contributed by atoms with Gasteiger partial charge in [-0.2, -0.15) is 13.2 Å². The number of aliphatic hydroxyl groups excluding tert-OH is 1. The molecule has 0 saturated carbocycles. The minimum absolute atomic E-state index is 0.0127. The fraction of sp³-hybridized carbons (Fsp3) is 0.333. The van der Waals surface area contributed by atoms with Crippen molar-refractivity contribution in [2.45, 2.75) is 43.3 Å². The molecule has 3 rings (SSSR count). The van der Waals surface area contributed by atoms with E-state index in [1.165, 1.54) is 24.3 Å². The van der Waals surface area contributed by atoms with E-state index in [1.54, 1.807) is 30.3 Å². The standard InChI is InChI=1S/C27H24F9NO3/c28-25(29,30)15-21(38)16-37-17-24(14-18-6-2-1-3-7-18,19-8-4-10-22(12-19)39-26(31,32)33)20-9-5-11-23(13-20)40-27(34,35)36/h1-13,21,37-38H,14-17H2/t21-/m1/s1. The summed E-state index contributed by atoms with van der Waals surface area (Å²) in [5.74, 6) is -1.22. The van der Waals surface area contributed by atoms with Gasteiger partial charge in [-0.1, -0.05) is 54.6 Å². The van der Waals surface area contributed by atoms with Crippen LogP contribution in [0.15, 0.2) is 78.9 Å². The molecule has 0 amide bonds. The quantitative estimate of drug-likeness (QED) is 0.242. The average molecular weight is 581 g/mol. The second-order valence-corrected chi connectivity index (χ2v) is 9.00. The third-order valence-corrected chi connectivity index (χ3v) is 5.86. The minimum Gasteiger partial charge on any atom is -0.406 e. The van der Waals surface area contributed by atoms with Gasteiger partial charge in [-0.05, 0) is 47.4 Å². The van der Waals surface area contributed by atoms with Crippen molar-refractivity contribution in [1.82, 2.24) is 5.32 Å². The molecule has 0 aliphatic heterocycles. The number of halogens is 9. The van der Waals surface area contributed by atoms with E-state index in [-0.39, 0.29) is 24.1 Å². The predicted octanol–water partition coefficient (Wildman–Crippen LogP) is 6.92. The van der Waals surface area contributed by atoms with Gasteiger partial charge in [-0.25, -0.2) is 0 Å². The third-order valence-electron chi connectivity index (χ3n) is 5.86. The summed E-state index contributed by atoms with van der Waals surface area (Å²) in [4.78, 5) is 0. The smallest absolute Gasteiger partial charge is 0.406 e. The highest BCUT2D eigenvalue weighted by Gasteiger charge is 2.38. The first-order valence-electron chi connectivity index (χ1n) is 11.8. The predicted molar refractivity (Wildman–Crippen MR) is 127 cm³/mol. The van der Waals surface area contributed by atoms with Crippen LogP contribution in [0, 0.1) is 0 Å². The Morgan fingerprint density at radius 3 is 1.62 bits per heavy atom. The molecule has 0 heterocycles. The fourth-order valence-electron chi connectivity index (χ4n) is 4.36. The van der Waals surface area contributed by atoms with Gasteiger partial charge in [0, 0.05) is 18.5 Å². The maximum atomic E-state index is 13.0. The van der Waals surface area contributed by atoms with Crippen LogP contribution in [-0.4, -0.2) is 43.2 Å². The Balaban J connectivity index is 2.14. The number of benzene rings is 3. The third kappa shape index (κ3) is 9.63. The van der Waals surface area contributed by atoms with Crippen LogP contribution in [0.5, 0.6) is 11.5 Å². The van der Waals surface area contributed by atoms with E-state index in [4.69, 9.17) is 0 Å². The van der Waals surface area contributed by atoms with Crippen molar-refractivity contribution in [2.24, 2.45) is 0 Å². The topological polar surface area (TPSA) is 50.7 Å². The van der Waals surface area contributed by atoms with Crippen molar-refractivity contribution in [3.8, 4) is 11.5 Å². The second-order valence-electron chi connectivity index (χ2n) is 9.00. The number of nitrogens with one attached hydrogen (secondary N) is 1. The van der Waals surface area contributed by atoms with Crippen molar-refractivity contribution in [1.29, 1.82) is 0 Å². The van der Waals surface area contributed by atoms with E-state index in [0.29, 0.717) is 5.56 Å². The molecule has 0 aromatic heterocycles. The number of hydrogen-bond donors (Lipinski definition) is 2. The van der Waals surface area contributed by atoms with Crippen LogP contribution in [0.4, 0.5) is 39.5 Å². The van der Waals surface area contributed by atoms with Gasteiger partial charge in [0.2, 0.25) is 0 Å². The van der Waals surface area contributed by atoms with Crippen LogP contribution in [0.2, 0.25) is 0 Å². The summed E-state index contributed by atoms with van der Waals surface area (Å²) in [6, 6.07) is 18.0. The van der Waals surface area contributed by atoms with E-state index in [0.717, 1.165) is 24.3 Å². The summed E-state index contributed by atoms with van der Waals surface area (Å²) in [7, 11) is 0. The lowest BCUT2D eigenvalue weighted by molar-refractivity contribution is -0.275. The van der Waals surface area contributed by atoms with Crippen molar-refractivity contribution in [3.63, 3.8) is 0 Å². The highest BCUT2D eigenvalue weighted by atomic mass is 19.4. The van der Waals surface area contributed by atoms with E-state index in [9.17, 15) is 44.6 Å². The lowest BCUT2D eigenvalue weighted by Gasteiger charge is -2.37. The van der Waals surface area contributed by atoms with Crippen LogP contribution < -0.4 is 14.8 Å². The highest BCUT2D eigenvalue weighted by Crippen LogP contribution is 2.40. The number of aliphatic hydroxyl groups is 1. The van der Waals surface area contributed by atoms with Gasteiger partial charge in [0.15, 0.2) is 0 Å².